The van der Waals surface area contributed by atoms with Gasteiger partial charge in [0.15, 0.2) is 0 Å². The molecule has 0 unspecified atom stereocenters. The number of carboxylic acids is 1. The van der Waals surface area contributed by atoms with E-state index in [2.05, 4.69) is 0 Å². The van der Waals surface area contributed by atoms with E-state index in [1.54, 1.807) is 6.07 Å². The van der Waals surface area contributed by atoms with Crippen LogP contribution in [0.5, 0.6) is 5.75 Å². The molecule has 0 aromatic heterocycles. The van der Waals surface area contributed by atoms with Crippen molar-refractivity contribution in [1.82, 2.24) is 0 Å². The Labute approximate surface area is 99.2 Å². The van der Waals surface area contributed by atoms with Crippen molar-refractivity contribution in [3.63, 3.8) is 0 Å². The first-order valence-corrected chi connectivity index (χ1v) is 5.55. The molecule has 1 saturated carbocycles. The van der Waals surface area contributed by atoms with Gasteiger partial charge in [-0.3, -0.25) is 4.79 Å². The summed E-state index contributed by atoms with van der Waals surface area (Å²) in [6.45, 7) is 1.83. The summed E-state index contributed by atoms with van der Waals surface area (Å²) in [7, 11) is 1.49. The lowest BCUT2D eigenvalue weighted by molar-refractivity contribution is -0.137. The first-order chi connectivity index (χ1) is 8.00. The second-order valence-corrected chi connectivity index (χ2v) is 4.62. The van der Waals surface area contributed by atoms with Crippen molar-refractivity contribution >= 4 is 5.97 Å². The van der Waals surface area contributed by atoms with Crippen LogP contribution < -0.4 is 4.74 Å². The molecule has 1 aromatic rings. The normalized spacial score (nSPS) is 16.6. The molecule has 0 heterocycles. The first kappa shape index (κ1) is 11.9. The molecular weight excluding hydrogens is 223 g/mol. The summed E-state index contributed by atoms with van der Waals surface area (Å²) < 4.78 is 19.2. The minimum Gasteiger partial charge on any atom is -0.496 e. The van der Waals surface area contributed by atoms with Crippen molar-refractivity contribution in [2.24, 2.45) is 0 Å². The van der Waals surface area contributed by atoms with Gasteiger partial charge in [0, 0.05) is 11.0 Å². The number of methoxy groups -OCH3 is 1. The molecule has 0 saturated heterocycles. The molecule has 0 atom stereocenters. The Bertz CT molecular complexity index is 464. The Balaban J connectivity index is 2.51. The van der Waals surface area contributed by atoms with Gasteiger partial charge in [-0.15, -0.1) is 0 Å². The number of hydrogen-bond donors (Lipinski definition) is 1. The fourth-order valence-electron chi connectivity index (χ4n) is 2.38. The highest BCUT2D eigenvalue weighted by molar-refractivity contribution is 5.71. The molecule has 0 aliphatic heterocycles. The average Bonchev–Trinajstić information content (AvgIpc) is 3.00. The summed E-state index contributed by atoms with van der Waals surface area (Å²) in [5.74, 6) is -0.777. The van der Waals surface area contributed by atoms with Crippen LogP contribution in [0, 0.1) is 12.7 Å². The van der Waals surface area contributed by atoms with E-state index in [1.807, 2.05) is 6.92 Å². The van der Waals surface area contributed by atoms with Gasteiger partial charge in [-0.2, -0.15) is 0 Å². The van der Waals surface area contributed by atoms with Crippen LogP contribution >= 0.6 is 0 Å². The van der Waals surface area contributed by atoms with Crippen molar-refractivity contribution in [2.75, 3.05) is 7.11 Å². The van der Waals surface area contributed by atoms with Crippen molar-refractivity contribution in [1.29, 1.82) is 0 Å². The first-order valence-electron chi connectivity index (χ1n) is 5.55. The predicted molar refractivity (Wildman–Crippen MR) is 60.9 cm³/mol. The number of rotatable bonds is 4. The predicted octanol–water partition coefficient (Wildman–Crippen LogP) is 2.65. The number of benzene rings is 1. The van der Waals surface area contributed by atoms with Gasteiger partial charge in [-0.05, 0) is 31.4 Å². The zero-order valence-corrected chi connectivity index (χ0v) is 9.92. The SMILES string of the molecule is COc1c(C)ccc(F)c1C1(CC(=O)O)CC1. The third-order valence-electron chi connectivity index (χ3n) is 3.38. The Hall–Kier alpha value is -1.58. The molecule has 1 N–H and O–H groups in total. The standard InChI is InChI=1S/C13H15FO3/c1-8-3-4-9(14)11(12(8)17-2)13(5-6-13)7-10(15)16/h3-4H,5-7H2,1-2H3,(H,15,16). The summed E-state index contributed by atoms with van der Waals surface area (Å²) >= 11 is 0. The van der Waals surface area contributed by atoms with Gasteiger partial charge in [0.05, 0.1) is 13.5 Å². The van der Waals surface area contributed by atoms with E-state index < -0.39 is 11.4 Å². The molecule has 1 aliphatic carbocycles. The third kappa shape index (κ3) is 1.99. The number of carboxylic acid groups (broad SMARTS) is 1. The zero-order chi connectivity index (χ0) is 12.6. The summed E-state index contributed by atoms with van der Waals surface area (Å²) in [5, 5.41) is 8.91. The van der Waals surface area contributed by atoms with Crippen molar-refractivity contribution in [2.45, 2.75) is 31.6 Å². The van der Waals surface area contributed by atoms with Gasteiger partial charge in [0.2, 0.25) is 0 Å². The summed E-state index contributed by atoms with van der Waals surface area (Å²) in [5.41, 5.74) is 0.704. The Morgan fingerprint density at radius 1 is 1.53 bits per heavy atom. The fraction of sp³-hybridized carbons (Fsp3) is 0.462. The molecule has 1 aromatic carbocycles. The van der Waals surface area contributed by atoms with E-state index in [9.17, 15) is 9.18 Å². The number of hydrogen-bond acceptors (Lipinski definition) is 2. The molecule has 0 bridgehead atoms. The second-order valence-electron chi connectivity index (χ2n) is 4.62. The summed E-state index contributed by atoms with van der Waals surface area (Å²) in [6, 6.07) is 3.03. The molecule has 0 amide bonds. The van der Waals surface area contributed by atoms with Crippen LogP contribution in [0.15, 0.2) is 12.1 Å². The monoisotopic (exact) mass is 238 g/mol. The van der Waals surface area contributed by atoms with Crippen LogP contribution in [0.4, 0.5) is 4.39 Å². The summed E-state index contributed by atoms with van der Waals surface area (Å²) in [4.78, 5) is 10.9. The maximum Gasteiger partial charge on any atom is 0.304 e. The fourth-order valence-corrected chi connectivity index (χ4v) is 2.38. The molecule has 3 nitrogen and oxygen atoms in total. The lowest BCUT2D eigenvalue weighted by Gasteiger charge is -2.19. The highest BCUT2D eigenvalue weighted by atomic mass is 19.1. The van der Waals surface area contributed by atoms with Gasteiger partial charge >= 0.3 is 5.97 Å². The maximum absolute atomic E-state index is 13.9. The topological polar surface area (TPSA) is 46.5 Å². The molecule has 4 heteroatoms. The number of aryl methyl sites for hydroxylation is 1. The van der Waals surface area contributed by atoms with Gasteiger partial charge in [0.25, 0.3) is 0 Å². The molecule has 92 valence electrons. The molecular formula is C13H15FO3. The highest BCUT2D eigenvalue weighted by Gasteiger charge is 2.49. The van der Waals surface area contributed by atoms with E-state index in [0.717, 1.165) is 5.56 Å². The van der Waals surface area contributed by atoms with Gasteiger partial charge in [0.1, 0.15) is 11.6 Å². The number of ether oxygens (including phenoxy) is 1. The smallest absolute Gasteiger partial charge is 0.304 e. The van der Waals surface area contributed by atoms with Gasteiger partial charge in [-0.1, -0.05) is 6.07 Å². The number of halogens is 1. The largest absolute Gasteiger partial charge is 0.496 e. The minimum atomic E-state index is -0.898. The second kappa shape index (κ2) is 4.02. The molecule has 2 rings (SSSR count). The van der Waals surface area contributed by atoms with Crippen LogP contribution in [0.3, 0.4) is 0 Å². The Morgan fingerprint density at radius 2 is 2.18 bits per heavy atom. The van der Waals surface area contributed by atoms with Crippen LogP contribution in [0.2, 0.25) is 0 Å². The molecule has 0 radical (unpaired) electrons. The molecule has 17 heavy (non-hydrogen) atoms. The number of carbonyl (C=O) groups is 1. The molecule has 1 fully saturated rings. The maximum atomic E-state index is 13.9. The zero-order valence-electron chi connectivity index (χ0n) is 9.92. The van der Waals surface area contributed by atoms with E-state index in [-0.39, 0.29) is 12.2 Å². The molecule has 0 spiro atoms. The van der Waals surface area contributed by atoms with E-state index in [4.69, 9.17) is 9.84 Å². The van der Waals surface area contributed by atoms with Crippen molar-refractivity contribution in [3.8, 4) is 5.75 Å². The summed E-state index contributed by atoms with van der Waals surface area (Å²) in [6.07, 6.45) is 1.37. The lowest BCUT2D eigenvalue weighted by Crippen LogP contribution is -2.16. The third-order valence-corrected chi connectivity index (χ3v) is 3.38. The highest BCUT2D eigenvalue weighted by Crippen LogP contribution is 2.55. The average molecular weight is 238 g/mol. The van der Waals surface area contributed by atoms with Gasteiger partial charge < -0.3 is 9.84 Å². The van der Waals surface area contributed by atoms with E-state index in [0.29, 0.717) is 24.2 Å². The molecule has 1 aliphatic rings. The van der Waals surface area contributed by atoms with Gasteiger partial charge in [-0.25, -0.2) is 4.39 Å². The van der Waals surface area contributed by atoms with E-state index in [1.165, 1.54) is 13.2 Å². The van der Waals surface area contributed by atoms with Crippen molar-refractivity contribution in [3.05, 3.63) is 29.1 Å². The lowest BCUT2D eigenvalue weighted by atomic mass is 9.89. The minimum absolute atomic E-state index is 0.0380. The van der Waals surface area contributed by atoms with Crippen LogP contribution in [-0.4, -0.2) is 18.2 Å². The Morgan fingerprint density at radius 3 is 2.65 bits per heavy atom. The quantitative estimate of drug-likeness (QED) is 0.877. The van der Waals surface area contributed by atoms with Crippen molar-refractivity contribution < 1.29 is 19.0 Å². The van der Waals surface area contributed by atoms with Crippen LogP contribution in [0.1, 0.15) is 30.4 Å². The Kier molecular flexibility index (Phi) is 2.81. The van der Waals surface area contributed by atoms with Crippen LogP contribution in [-0.2, 0) is 10.2 Å². The number of aliphatic carboxylic acids is 1. The van der Waals surface area contributed by atoms with E-state index >= 15 is 0 Å². The van der Waals surface area contributed by atoms with Crippen LogP contribution in [0.25, 0.3) is 0 Å².